The number of hydrogen-bond acceptors (Lipinski definition) is 0. The highest BCUT2D eigenvalue weighted by atomic mass is 14.0. The highest BCUT2D eigenvalue weighted by Gasteiger charge is 1.95. The predicted octanol–water partition coefficient (Wildman–Crippen LogP) is 3.63. The lowest BCUT2D eigenvalue weighted by Crippen LogP contribution is -1.93. The molecule has 0 N–H and O–H groups in total. The zero-order valence-corrected chi connectivity index (χ0v) is 7.36. The van der Waals surface area contributed by atoms with Crippen molar-refractivity contribution in [3.63, 3.8) is 0 Å². The van der Waals surface area contributed by atoms with Gasteiger partial charge < -0.3 is 0 Å². The van der Waals surface area contributed by atoms with Crippen molar-refractivity contribution in [3.05, 3.63) is 12.2 Å². The maximum absolute atomic E-state index is 6.85. The summed E-state index contributed by atoms with van der Waals surface area (Å²) in [7, 11) is 0. The van der Waals surface area contributed by atoms with Crippen LogP contribution in [-0.2, 0) is 0 Å². The summed E-state index contributed by atoms with van der Waals surface area (Å²) in [5, 5.41) is 0. The Kier molecular flexibility index (Phi) is 5.70. The van der Waals surface area contributed by atoms with Gasteiger partial charge in [0, 0.05) is 1.37 Å². The molecule has 0 heteroatoms. The third-order valence-corrected chi connectivity index (χ3v) is 0.333. The molecule has 9 heavy (non-hydrogen) atoms. The molecule has 0 unspecified atom stereocenters. The molecular formula is C9H20. The Morgan fingerprint density at radius 3 is 1.33 bits per heavy atom. The molecule has 0 bridgehead atoms. The lowest BCUT2D eigenvalue weighted by molar-refractivity contribution is 0.469. The molecular weight excluding hydrogens is 108 g/mol. The van der Waals surface area contributed by atoms with Crippen molar-refractivity contribution < 1.29 is 1.37 Å². The van der Waals surface area contributed by atoms with E-state index in [2.05, 4.69) is 20.8 Å². The third kappa shape index (κ3) is 466. The molecule has 0 aliphatic heterocycles. The van der Waals surface area contributed by atoms with E-state index < -0.39 is 0 Å². The summed E-state index contributed by atoms with van der Waals surface area (Å²) in [5.41, 5.74) is 0.208. The minimum atomic E-state index is 0.208. The Bertz CT molecular complexity index is 73.2. The van der Waals surface area contributed by atoms with Crippen LogP contribution < -0.4 is 0 Å². The van der Waals surface area contributed by atoms with Gasteiger partial charge in [0.2, 0.25) is 0 Å². The monoisotopic (exact) mass is 129 g/mol. The summed E-state index contributed by atoms with van der Waals surface area (Å²) < 4.78 is 6.85. The normalized spacial score (nSPS) is 12.3. The fourth-order valence-corrected chi connectivity index (χ4v) is 0. The standard InChI is InChI=1S/C5H12.C4H8/c1-5(2,3)4;1-3-4-2/h1-4H3;3-4H,1-2H3/i1D;. The van der Waals surface area contributed by atoms with E-state index in [1.54, 1.807) is 0 Å². The van der Waals surface area contributed by atoms with E-state index in [-0.39, 0.29) is 5.41 Å². The van der Waals surface area contributed by atoms with Gasteiger partial charge in [-0.05, 0) is 19.3 Å². The first-order valence-corrected chi connectivity index (χ1v) is 3.34. The molecule has 0 aromatic carbocycles. The zero-order valence-electron chi connectivity index (χ0n) is 8.36. The second-order valence-electron chi connectivity index (χ2n) is 3.23. The quantitative estimate of drug-likeness (QED) is 0.438. The second-order valence-corrected chi connectivity index (χ2v) is 3.23. The van der Waals surface area contributed by atoms with Gasteiger partial charge in [0.05, 0.1) is 0 Å². The molecule has 0 radical (unpaired) electrons. The molecule has 0 saturated heterocycles. The van der Waals surface area contributed by atoms with E-state index in [4.69, 9.17) is 1.37 Å². The first-order valence-electron chi connectivity index (χ1n) is 4.05. The van der Waals surface area contributed by atoms with Gasteiger partial charge >= 0.3 is 0 Å². The summed E-state index contributed by atoms with van der Waals surface area (Å²) in [4.78, 5) is 0. The molecule has 0 fully saturated rings. The minimum absolute atomic E-state index is 0.208. The number of hydrogen-bond donors (Lipinski definition) is 0. The molecule has 0 amide bonds. The van der Waals surface area contributed by atoms with Crippen LogP contribution >= 0.6 is 0 Å². The van der Waals surface area contributed by atoms with Crippen LogP contribution in [0.5, 0.6) is 0 Å². The van der Waals surface area contributed by atoms with Gasteiger partial charge in [0.1, 0.15) is 0 Å². The first kappa shape index (κ1) is 8.74. The molecule has 0 aliphatic carbocycles. The van der Waals surface area contributed by atoms with E-state index in [1.807, 2.05) is 26.0 Å². The van der Waals surface area contributed by atoms with E-state index in [1.165, 1.54) is 0 Å². The Morgan fingerprint density at radius 1 is 1.11 bits per heavy atom. The van der Waals surface area contributed by atoms with Crippen LogP contribution in [-0.4, -0.2) is 0 Å². The largest absolute Gasteiger partial charge is 0.0919 e. The molecule has 0 aromatic rings. The number of rotatable bonds is 0. The average Bonchev–Trinajstić information content (AvgIpc) is 1.87. The van der Waals surface area contributed by atoms with Crippen LogP contribution in [0.2, 0.25) is 0 Å². The van der Waals surface area contributed by atoms with Crippen molar-refractivity contribution in [2.45, 2.75) is 41.5 Å². The smallest absolute Gasteiger partial charge is 0.0236 e. The van der Waals surface area contributed by atoms with Crippen LogP contribution in [0.4, 0.5) is 0 Å². The second kappa shape index (κ2) is 5.87. The van der Waals surface area contributed by atoms with Crippen LogP contribution in [0.1, 0.15) is 42.9 Å². The molecule has 0 saturated carbocycles. The molecule has 0 atom stereocenters. The summed E-state index contributed by atoms with van der Waals surface area (Å²) in [5.74, 6) is 0. The first-order chi connectivity index (χ1) is 4.47. The lowest BCUT2D eigenvalue weighted by atomic mass is 10.0. The van der Waals surface area contributed by atoms with Crippen molar-refractivity contribution in [3.8, 4) is 0 Å². The summed E-state index contributed by atoms with van der Waals surface area (Å²) in [6, 6.07) is 0. The molecule has 0 heterocycles. The highest BCUT2D eigenvalue weighted by molar-refractivity contribution is 4.68. The van der Waals surface area contributed by atoms with Crippen molar-refractivity contribution >= 4 is 0 Å². The summed E-state index contributed by atoms with van der Waals surface area (Å²) in [6.45, 7) is 10.7. The Labute approximate surface area is 61.4 Å². The van der Waals surface area contributed by atoms with Gasteiger partial charge in [-0.2, -0.15) is 0 Å². The Morgan fingerprint density at radius 2 is 1.33 bits per heavy atom. The molecule has 0 aromatic heterocycles. The van der Waals surface area contributed by atoms with Gasteiger partial charge in [0.25, 0.3) is 0 Å². The van der Waals surface area contributed by atoms with Crippen LogP contribution in [0, 0.1) is 5.41 Å². The fraction of sp³-hybridized carbons (Fsp3) is 0.778. The van der Waals surface area contributed by atoms with E-state index in [9.17, 15) is 0 Å². The SMILES string of the molecule is CC=CC.[2H]CC(C)(C)C. The van der Waals surface area contributed by atoms with Crippen molar-refractivity contribution in [2.24, 2.45) is 5.41 Å². The average molecular weight is 129 g/mol. The van der Waals surface area contributed by atoms with E-state index in [0.717, 1.165) is 0 Å². The topological polar surface area (TPSA) is 0 Å². The van der Waals surface area contributed by atoms with Crippen molar-refractivity contribution in [2.75, 3.05) is 0 Å². The molecule has 0 nitrogen and oxygen atoms in total. The minimum Gasteiger partial charge on any atom is -0.0919 e. The zero-order chi connectivity index (χ0) is 8.62. The van der Waals surface area contributed by atoms with Crippen LogP contribution in [0.3, 0.4) is 0 Å². The van der Waals surface area contributed by atoms with E-state index >= 15 is 0 Å². The van der Waals surface area contributed by atoms with Gasteiger partial charge in [-0.15, -0.1) is 0 Å². The van der Waals surface area contributed by atoms with Gasteiger partial charge in [0.15, 0.2) is 0 Å². The number of allylic oxidation sites excluding steroid dienone is 2. The van der Waals surface area contributed by atoms with Gasteiger partial charge in [-0.25, -0.2) is 0 Å². The Hall–Kier alpha value is -0.260. The molecule has 0 rings (SSSR count). The van der Waals surface area contributed by atoms with Crippen LogP contribution in [0.25, 0.3) is 0 Å². The maximum atomic E-state index is 6.85. The predicted molar refractivity (Wildman–Crippen MR) is 45.6 cm³/mol. The van der Waals surface area contributed by atoms with Crippen molar-refractivity contribution in [1.29, 1.82) is 0 Å². The van der Waals surface area contributed by atoms with Crippen LogP contribution in [0.15, 0.2) is 12.2 Å². The fourth-order valence-electron chi connectivity index (χ4n) is 0. The molecule has 0 aliphatic rings. The summed E-state index contributed by atoms with van der Waals surface area (Å²) >= 11 is 0. The highest BCUT2D eigenvalue weighted by Crippen LogP contribution is 2.07. The van der Waals surface area contributed by atoms with E-state index in [0.29, 0.717) is 6.90 Å². The molecule has 56 valence electrons. The maximum Gasteiger partial charge on any atom is 0.0236 e. The van der Waals surface area contributed by atoms with Crippen molar-refractivity contribution in [1.82, 2.24) is 0 Å². The third-order valence-electron chi connectivity index (χ3n) is 0.333. The lowest BCUT2D eigenvalue weighted by Gasteiger charge is -2.05. The molecule has 0 spiro atoms. The summed E-state index contributed by atoms with van der Waals surface area (Å²) in [6.07, 6.45) is 4.00. The van der Waals surface area contributed by atoms with Gasteiger partial charge in [-0.1, -0.05) is 39.8 Å². The van der Waals surface area contributed by atoms with Gasteiger partial charge in [-0.3, -0.25) is 0 Å². The Balaban J connectivity index is 0.